The Hall–Kier alpha value is -3.02. The van der Waals surface area contributed by atoms with Crippen LogP contribution >= 0.6 is 0 Å². The third-order valence-electron chi connectivity index (χ3n) is 3.78. The molecule has 1 N–H and O–H groups in total. The Morgan fingerprint density at radius 1 is 1.25 bits per heavy atom. The average Bonchev–Trinajstić information content (AvgIpc) is 3.22. The number of benzene rings is 1. The second-order valence-corrected chi connectivity index (χ2v) is 5.49. The van der Waals surface area contributed by atoms with Crippen LogP contribution < -0.4 is 10.1 Å². The van der Waals surface area contributed by atoms with E-state index >= 15 is 0 Å². The lowest BCUT2D eigenvalue weighted by Crippen LogP contribution is -2.22. The van der Waals surface area contributed by atoms with Crippen molar-refractivity contribution >= 4 is 11.7 Å². The Kier molecular flexibility index (Phi) is 4.65. The molecule has 0 bridgehead atoms. The first-order valence-corrected chi connectivity index (χ1v) is 7.66. The summed E-state index contributed by atoms with van der Waals surface area (Å²) in [6.07, 6.45) is 3.24. The van der Waals surface area contributed by atoms with E-state index in [9.17, 15) is 4.79 Å². The zero-order valence-corrected chi connectivity index (χ0v) is 13.7. The summed E-state index contributed by atoms with van der Waals surface area (Å²) in [6.45, 7) is 4.38. The third-order valence-corrected chi connectivity index (χ3v) is 3.78. The molecule has 3 aromatic rings. The maximum atomic E-state index is 12.1. The molecule has 0 aliphatic rings. The van der Waals surface area contributed by atoms with Crippen molar-refractivity contribution in [2.24, 2.45) is 0 Å². The van der Waals surface area contributed by atoms with Crippen LogP contribution in [0.15, 0.2) is 53.3 Å². The molecule has 0 radical (unpaired) electrons. The number of carbonyl (C=O) groups is 1. The number of nitrogens with one attached hydrogen (secondary N) is 1. The molecule has 1 aromatic carbocycles. The Balaban J connectivity index is 1.59. The highest BCUT2D eigenvalue weighted by molar-refractivity contribution is 5.91. The molecule has 124 valence electrons. The molecule has 24 heavy (non-hydrogen) atoms. The Morgan fingerprint density at radius 3 is 2.92 bits per heavy atom. The largest absolute Gasteiger partial charge is 0.483 e. The van der Waals surface area contributed by atoms with Crippen LogP contribution in [-0.2, 0) is 11.3 Å². The molecule has 2 heterocycles. The number of ether oxygens (including phenoxy) is 1. The van der Waals surface area contributed by atoms with Gasteiger partial charge in [0.2, 0.25) is 0 Å². The van der Waals surface area contributed by atoms with Crippen molar-refractivity contribution in [3.05, 3.63) is 65.7 Å². The van der Waals surface area contributed by atoms with Gasteiger partial charge in [-0.25, -0.2) is 4.68 Å². The van der Waals surface area contributed by atoms with Crippen LogP contribution in [0.5, 0.6) is 5.75 Å². The zero-order valence-electron chi connectivity index (χ0n) is 13.7. The van der Waals surface area contributed by atoms with Crippen LogP contribution in [0.25, 0.3) is 0 Å². The first-order valence-electron chi connectivity index (χ1n) is 7.66. The fourth-order valence-electron chi connectivity index (χ4n) is 2.32. The predicted octanol–water partition coefficient (Wildman–Crippen LogP) is 3.16. The molecule has 2 aromatic heterocycles. The number of hydrogen-bond donors (Lipinski definition) is 1. The quantitative estimate of drug-likeness (QED) is 0.756. The third kappa shape index (κ3) is 3.65. The molecule has 0 saturated carbocycles. The molecule has 3 rings (SSSR count). The highest BCUT2D eigenvalue weighted by Gasteiger charge is 2.10. The van der Waals surface area contributed by atoms with Gasteiger partial charge in [0.25, 0.3) is 5.91 Å². The number of anilines is 1. The standard InChI is InChI=1S/C18H19N3O3/c1-13-5-3-7-16(14(13)2)24-12-18(22)20-17-8-9-19-21(17)11-15-6-4-10-23-15/h3-10H,11-12H2,1-2H3,(H,20,22). The van der Waals surface area contributed by atoms with Crippen LogP contribution in [0.1, 0.15) is 16.9 Å². The van der Waals surface area contributed by atoms with Crippen molar-refractivity contribution in [3.8, 4) is 5.75 Å². The summed E-state index contributed by atoms with van der Waals surface area (Å²) in [5.41, 5.74) is 2.16. The Labute approximate surface area is 140 Å². The fraction of sp³-hybridized carbons (Fsp3) is 0.222. The van der Waals surface area contributed by atoms with Gasteiger partial charge in [0.05, 0.1) is 12.5 Å². The van der Waals surface area contributed by atoms with E-state index < -0.39 is 0 Å². The van der Waals surface area contributed by atoms with Gasteiger partial charge < -0.3 is 14.5 Å². The minimum absolute atomic E-state index is 0.0593. The Morgan fingerprint density at radius 2 is 2.12 bits per heavy atom. The summed E-state index contributed by atoms with van der Waals surface area (Å²) in [4.78, 5) is 12.1. The minimum atomic E-state index is -0.239. The summed E-state index contributed by atoms with van der Waals surface area (Å²) in [5, 5.41) is 6.99. The number of nitrogens with zero attached hydrogens (tertiary/aromatic N) is 2. The number of carbonyl (C=O) groups excluding carboxylic acids is 1. The van der Waals surface area contributed by atoms with Gasteiger partial charge in [0.1, 0.15) is 23.9 Å². The highest BCUT2D eigenvalue weighted by atomic mass is 16.5. The lowest BCUT2D eigenvalue weighted by atomic mass is 10.1. The monoisotopic (exact) mass is 325 g/mol. The predicted molar refractivity (Wildman–Crippen MR) is 90.1 cm³/mol. The SMILES string of the molecule is Cc1cccc(OCC(=O)Nc2ccnn2Cc2ccco2)c1C. The van der Waals surface area contributed by atoms with Crippen LogP contribution in [0.2, 0.25) is 0 Å². The Bertz CT molecular complexity index is 822. The number of aryl methyl sites for hydroxylation is 1. The summed E-state index contributed by atoms with van der Waals surface area (Å²) in [6, 6.07) is 11.2. The zero-order chi connectivity index (χ0) is 16.9. The minimum Gasteiger partial charge on any atom is -0.483 e. The lowest BCUT2D eigenvalue weighted by molar-refractivity contribution is -0.118. The van der Waals surface area contributed by atoms with E-state index in [-0.39, 0.29) is 12.5 Å². The molecule has 0 fully saturated rings. The molecular formula is C18H19N3O3. The van der Waals surface area contributed by atoms with Crippen LogP contribution in [0.3, 0.4) is 0 Å². The van der Waals surface area contributed by atoms with Gasteiger partial charge in [-0.3, -0.25) is 4.79 Å². The molecule has 1 amide bonds. The van der Waals surface area contributed by atoms with E-state index in [1.54, 1.807) is 23.2 Å². The van der Waals surface area contributed by atoms with Gasteiger partial charge in [-0.15, -0.1) is 0 Å². The number of hydrogen-bond acceptors (Lipinski definition) is 4. The molecule has 6 heteroatoms. The van der Waals surface area contributed by atoms with Gasteiger partial charge in [-0.2, -0.15) is 5.10 Å². The van der Waals surface area contributed by atoms with Crippen LogP contribution in [0, 0.1) is 13.8 Å². The number of amides is 1. The van der Waals surface area contributed by atoms with Crippen molar-refractivity contribution in [3.63, 3.8) is 0 Å². The molecule has 0 unspecified atom stereocenters. The van der Waals surface area contributed by atoms with E-state index in [2.05, 4.69) is 10.4 Å². The van der Waals surface area contributed by atoms with E-state index in [4.69, 9.17) is 9.15 Å². The molecule has 0 saturated heterocycles. The van der Waals surface area contributed by atoms with Gasteiger partial charge in [0, 0.05) is 6.07 Å². The second-order valence-electron chi connectivity index (χ2n) is 5.49. The highest BCUT2D eigenvalue weighted by Crippen LogP contribution is 2.20. The van der Waals surface area contributed by atoms with Gasteiger partial charge in [-0.05, 0) is 43.2 Å². The first-order chi connectivity index (χ1) is 11.6. The van der Waals surface area contributed by atoms with Gasteiger partial charge in [-0.1, -0.05) is 12.1 Å². The van der Waals surface area contributed by atoms with Gasteiger partial charge >= 0.3 is 0 Å². The lowest BCUT2D eigenvalue weighted by Gasteiger charge is -2.11. The van der Waals surface area contributed by atoms with Crippen LogP contribution in [0.4, 0.5) is 5.82 Å². The van der Waals surface area contributed by atoms with Crippen molar-refractivity contribution in [2.45, 2.75) is 20.4 Å². The normalized spacial score (nSPS) is 10.6. The maximum Gasteiger partial charge on any atom is 0.263 e. The summed E-state index contributed by atoms with van der Waals surface area (Å²) in [7, 11) is 0. The fourth-order valence-corrected chi connectivity index (χ4v) is 2.32. The van der Waals surface area contributed by atoms with Crippen molar-refractivity contribution in [1.29, 1.82) is 0 Å². The summed E-state index contributed by atoms with van der Waals surface area (Å²) in [5.74, 6) is 1.84. The molecular weight excluding hydrogens is 306 g/mol. The van der Waals surface area contributed by atoms with Crippen molar-refractivity contribution in [2.75, 3.05) is 11.9 Å². The molecule has 0 atom stereocenters. The topological polar surface area (TPSA) is 69.3 Å². The summed E-state index contributed by atoms with van der Waals surface area (Å²) >= 11 is 0. The van der Waals surface area contributed by atoms with E-state index in [0.717, 1.165) is 16.9 Å². The second kappa shape index (κ2) is 7.04. The van der Waals surface area contributed by atoms with E-state index in [1.165, 1.54) is 0 Å². The molecule has 6 nitrogen and oxygen atoms in total. The number of rotatable bonds is 6. The summed E-state index contributed by atoms with van der Waals surface area (Å²) < 4.78 is 12.6. The molecule has 0 aliphatic carbocycles. The maximum absolute atomic E-state index is 12.1. The molecule has 0 spiro atoms. The van der Waals surface area contributed by atoms with Crippen molar-refractivity contribution < 1.29 is 13.9 Å². The number of aromatic nitrogens is 2. The number of furan rings is 1. The average molecular weight is 325 g/mol. The van der Waals surface area contributed by atoms with E-state index in [0.29, 0.717) is 18.1 Å². The van der Waals surface area contributed by atoms with Crippen molar-refractivity contribution in [1.82, 2.24) is 9.78 Å². The van der Waals surface area contributed by atoms with E-state index in [1.807, 2.05) is 44.2 Å². The smallest absolute Gasteiger partial charge is 0.263 e. The van der Waals surface area contributed by atoms with Gasteiger partial charge in [0.15, 0.2) is 6.61 Å². The van der Waals surface area contributed by atoms with Crippen LogP contribution in [-0.4, -0.2) is 22.3 Å². The first kappa shape index (κ1) is 15.9. The molecule has 0 aliphatic heterocycles.